The van der Waals surface area contributed by atoms with E-state index in [9.17, 15) is 4.79 Å². The van der Waals surface area contributed by atoms with E-state index in [1.165, 1.54) is 11.3 Å². The van der Waals surface area contributed by atoms with Gasteiger partial charge in [-0.05, 0) is 30.7 Å². The fourth-order valence-electron chi connectivity index (χ4n) is 2.73. The largest absolute Gasteiger partial charge is 0.454 e. The van der Waals surface area contributed by atoms with Crippen LogP contribution in [0.5, 0.6) is 11.5 Å². The number of benzene rings is 2. The van der Waals surface area contributed by atoms with E-state index < -0.39 is 0 Å². The summed E-state index contributed by atoms with van der Waals surface area (Å²) >= 11 is 7.35. The van der Waals surface area contributed by atoms with Crippen molar-refractivity contribution in [2.24, 2.45) is 4.99 Å². The van der Waals surface area contributed by atoms with Gasteiger partial charge >= 0.3 is 0 Å². The fraction of sp³-hybridized carbons (Fsp3) is 0.222. The molecule has 0 saturated heterocycles. The molecule has 0 spiro atoms. The van der Waals surface area contributed by atoms with E-state index in [-0.39, 0.29) is 12.7 Å². The lowest BCUT2D eigenvalue weighted by Gasteiger charge is -2.03. The second-order valence-corrected chi connectivity index (χ2v) is 7.08. The molecule has 0 unspecified atom stereocenters. The lowest BCUT2D eigenvalue weighted by molar-refractivity contribution is 0.0998. The van der Waals surface area contributed by atoms with Crippen LogP contribution in [0.4, 0.5) is 0 Å². The van der Waals surface area contributed by atoms with Gasteiger partial charge in [-0.25, -0.2) is 0 Å². The Morgan fingerprint density at radius 1 is 1.24 bits per heavy atom. The molecule has 2 heterocycles. The maximum Gasteiger partial charge on any atom is 0.279 e. The molecular weight excluding hydrogens is 360 g/mol. The molecule has 0 fully saturated rings. The van der Waals surface area contributed by atoms with Crippen LogP contribution in [0.25, 0.3) is 10.2 Å². The number of hydrogen-bond acceptors (Lipinski definition) is 4. The first kappa shape index (κ1) is 16.2. The first-order chi connectivity index (χ1) is 12.2. The smallest absolute Gasteiger partial charge is 0.279 e. The Balaban J connectivity index is 1.84. The highest BCUT2D eigenvalue weighted by Gasteiger charge is 2.17. The number of amides is 1. The zero-order chi connectivity index (χ0) is 17.4. The zero-order valence-electron chi connectivity index (χ0n) is 13.5. The van der Waals surface area contributed by atoms with Crippen LogP contribution in [0.2, 0.25) is 5.02 Å². The Hall–Kier alpha value is -2.31. The Bertz CT molecular complexity index is 1020. The molecule has 1 amide bonds. The third-order valence-corrected chi connectivity index (χ3v) is 5.21. The Labute approximate surface area is 153 Å². The van der Waals surface area contributed by atoms with E-state index in [1.54, 1.807) is 24.3 Å². The van der Waals surface area contributed by atoms with Crippen molar-refractivity contribution in [3.8, 4) is 11.5 Å². The summed E-state index contributed by atoms with van der Waals surface area (Å²) in [7, 11) is 0. The summed E-state index contributed by atoms with van der Waals surface area (Å²) in [6.45, 7) is 3.10. The second kappa shape index (κ2) is 6.54. The van der Waals surface area contributed by atoms with Crippen molar-refractivity contribution in [3.63, 3.8) is 0 Å². The van der Waals surface area contributed by atoms with E-state index in [4.69, 9.17) is 21.1 Å². The summed E-state index contributed by atoms with van der Waals surface area (Å²) in [6, 6.07) is 10.6. The van der Waals surface area contributed by atoms with E-state index in [0.717, 1.165) is 34.7 Å². The second-order valence-electron chi connectivity index (χ2n) is 5.63. The highest BCUT2D eigenvalue weighted by molar-refractivity contribution is 7.16. The molecule has 0 bridgehead atoms. The predicted molar refractivity (Wildman–Crippen MR) is 97.6 cm³/mol. The number of halogens is 1. The Morgan fingerprint density at radius 3 is 2.68 bits per heavy atom. The Morgan fingerprint density at radius 2 is 1.96 bits per heavy atom. The van der Waals surface area contributed by atoms with Crippen molar-refractivity contribution in [1.82, 2.24) is 4.57 Å². The average molecular weight is 375 g/mol. The molecule has 0 radical (unpaired) electrons. The van der Waals surface area contributed by atoms with E-state index >= 15 is 0 Å². The summed E-state index contributed by atoms with van der Waals surface area (Å²) in [6.07, 6.45) is 0.933. The highest BCUT2D eigenvalue weighted by atomic mass is 35.5. The number of aryl methyl sites for hydroxylation is 1. The van der Waals surface area contributed by atoms with E-state index in [0.29, 0.717) is 15.4 Å². The Kier molecular flexibility index (Phi) is 4.23. The van der Waals surface area contributed by atoms with Crippen LogP contribution in [-0.4, -0.2) is 17.3 Å². The molecule has 2 aromatic carbocycles. The summed E-state index contributed by atoms with van der Waals surface area (Å²) in [5.41, 5.74) is 1.51. The molecule has 0 saturated carbocycles. The van der Waals surface area contributed by atoms with Crippen LogP contribution in [0.3, 0.4) is 0 Å². The molecule has 0 aliphatic carbocycles. The summed E-state index contributed by atoms with van der Waals surface area (Å²) < 4.78 is 14.0. The van der Waals surface area contributed by atoms with Gasteiger partial charge in [0, 0.05) is 29.3 Å². The van der Waals surface area contributed by atoms with Gasteiger partial charge in [0.15, 0.2) is 16.3 Å². The van der Waals surface area contributed by atoms with Crippen LogP contribution in [0, 0.1) is 0 Å². The number of fused-ring (bicyclic) bond motifs is 2. The van der Waals surface area contributed by atoms with E-state index in [2.05, 4.69) is 16.5 Å². The molecule has 0 atom stereocenters. The SMILES string of the molecule is CCCn1c(=NC(=O)c2ccc(Cl)cc2)sc2cc3c(cc21)OCO3. The number of rotatable bonds is 3. The van der Waals surface area contributed by atoms with Gasteiger partial charge < -0.3 is 14.0 Å². The van der Waals surface area contributed by atoms with Crippen molar-refractivity contribution in [1.29, 1.82) is 0 Å². The number of nitrogens with zero attached hydrogens (tertiary/aromatic N) is 2. The number of aromatic nitrogens is 1. The van der Waals surface area contributed by atoms with Crippen molar-refractivity contribution < 1.29 is 14.3 Å². The molecule has 1 aliphatic heterocycles. The van der Waals surface area contributed by atoms with Gasteiger partial charge in [0.1, 0.15) is 0 Å². The van der Waals surface area contributed by atoms with Gasteiger partial charge in [0.05, 0.1) is 10.2 Å². The average Bonchev–Trinajstić information content (AvgIpc) is 3.18. The maximum absolute atomic E-state index is 12.5. The minimum Gasteiger partial charge on any atom is -0.454 e. The number of ether oxygens (including phenoxy) is 2. The lowest BCUT2D eigenvalue weighted by Crippen LogP contribution is -2.16. The molecule has 25 heavy (non-hydrogen) atoms. The third kappa shape index (κ3) is 3.03. The van der Waals surface area contributed by atoms with Gasteiger partial charge in [-0.1, -0.05) is 29.9 Å². The molecule has 7 heteroatoms. The zero-order valence-corrected chi connectivity index (χ0v) is 15.1. The number of carbonyl (C=O) groups is 1. The molecule has 1 aromatic heterocycles. The quantitative estimate of drug-likeness (QED) is 0.689. The lowest BCUT2D eigenvalue weighted by atomic mass is 10.2. The van der Waals surface area contributed by atoms with Gasteiger partial charge in [-0.3, -0.25) is 4.79 Å². The number of carbonyl (C=O) groups excluding carboxylic acids is 1. The van der Waals surface area contributed by atoms with Crippen LogP contribution >= 0.6 is 22.9 Å². The minimum atomic E-state index is -0.284. The fourth-order valence-corrected chi connectivity index (χ4v) is 3.92. The monoisotopic (exact) mass is 374 g/mol. The van der Waals surface area contributed by atoms with Crippen LogP contribution in [0.15, 0.2) is 41.4 Å². The van der Waals surface area contributed by atoms with Crippen molar-refractivity contribution in [2.75, 3.05) is 6.79 Å². The maximum atomic E-state index is 12.5. The minimum absolute atomic E-state index is 0.243. The normalized spacial score (nSPS) is 13.6. The van der Waals surface area contributed by atoms with Crippen molar-refractivity contribution in [2.45, 2.75) is 19.9 Å². The molecular formula is C18H15ClN2O3S. The molecule has 5 nitrogen and oxygen atoms in total. The first-order valence-corrected chi connectivity index (χ1v) is 9.13. The number of thiazole rings is 1. The van der Waals surface area contributed by atoms with E-state index in [1.807, 2.05) is 12.1 Å². The standard InChI is InChI=1S/C18H15ClN2O3S/c1-2-7-21-13-8-14-15(24-10-23-14)9-16(13)25-18(21)20-17(22)11-3-5-12(19)6-4-11/h3-6,8-9H,2,7,10H2,1H3. The van der Waals surface area contributed by atoms with Crippen LogP contribution in [0.1, 0.15) is 23.7 Å². The molecule has 0 N–H and O–H groups in total. The summed E-state index contributed by atoms with van der Waals surface area (Å²) in [5, 5.41) is 0.592. The van der Waals surface area contributed by atoms with Gasteiger partial charge in [-0.15, -0.1) is 0 Å². The predicted octanol–water partition coefficient (Wildman–Crippen LogP) is 4.24. The van der Waals surface area contributed by atoms with Gasteiger partial charge in [-0.2, -0.15) is 4.99 Å². The molecule has 4 rings (SSSR count). The first-order valence-electron chi connectivity index (χ1n) is 7.93. The van der Waals surface area contributed by atoms with Gasteiger partial charge in [0.25, 0.3) is 5.91 Å². The summed E-state index contributed by atoms with van der Waals surface area (Å²) in [5.74, 6) is 1.17. The highest BCUT2D eigenvalue weighted by Crippen LogP contribution is 2.37. The molecule has 1 aliphatic rings. The van der Waals surface area contributed by atoms with Crippen LogP contribution < -0.4 is 14.3 Å². The molecule has 3 aromatic rings. The van der Waals surface area contributed by atoms with Crippen molar-refractivity contribution >= 4 is 39.1 Å². The molecule has 128 valence electrons. The van der Waals surface area contributed by atoms with Gasteiger partial charge in [0.2, 0.25) is 6.79 Å². The van der Waals surface area contributed by atoms with Crippen LogP contribution in [-0.2, 0) is 6.54 Å². The summed E-state index contributed by atoms with van der Waals surface area (Å²) in [4.78, 5) is 17.5. The number of hydrogen-bond donors (Lipinski definition) is 0. The topological polar surface area (TPSA) is 52.8 Å². The van der Waals surface area contributed by atoms with Crippen molar-refractivity contribution in [3.05, 3.63) is 51.8 Å². The third-order valence-electron chi connectivity index (χ3n) is 3.91.